The average molecular weight is 644 g/mol. The molecule has 3 aromatic carbocycles. The molecule has 2 N–H and O–H groups in total. The van der Waals surface area contributed by atoms with Gasteiger partial charge in [-0.3, -0.25) is 9.69 Å². The van der Waals surface area contributed by atoms with Gasteiger partial charge in [-0.1, -0.05) is 30.3 Å². The molecule has 5 rings (SSSR count). The van der Waals surface area contributed by atoms with E-state index in [-0.39, 0.29) is 5.91 Å². The monoisotopic (exact) mass is 643 g/mol. The Bertz CT molecular complexity index is 1590. The number of rotatable bonds is 13. The van der Waals surface area contributed by atoms with E-state index in [1.807, 2.05) is 12.1 Å². The van der Waals surface area contributed by atoms with Gasteiger partial charge < -0.3 is 24.8 Å². The maximum absolute atomic E-state index is 12.4. The van der Waals surface area contributed by atoms with Crippen LogP contribution in [0.25, 0.3) is 20.5 Å². The number of hydrogen-bond donors (Lipinski definition) is 2. The van der Waals surface area contributed by atoms with E-state index in [0.717, 1.165) is 36.6 Å². The summed E-state index contributed by atoms with van der Waals surface area (Å²) in [7, 11) is 0. The second-order valence-electron chi connectivity index (χ2n) is 12.7. The van der Waals surface area contributed by atoms with Crippen LogP contribution in [0.4, 0.5) is 4.79 Å². The van der Waals surface area contributed by atoms with Gasteiger partial charge in [-0.25, -0.2) is 4.79 Å². The highest BCUT2D eigenvalue weighted by molar-refractivity contribution is 7.22. The number of nitrogens with zero attached hydrogens (tertiary/aromatic N) is 1. The molecule has 8 nitrogen and oxygen atoms in total. The Labute approximate surface area is 276 Å². The highest BCUT2D eigenvalue weighted by Gasteiger charge is 2.21. The van der Waals surface area contributed by atoms with Crippen molar-refractivity contribution in [3.8, 4) is 21.9 Å². The summed E-state index contributed by atoms with van der Waals surface area (Å²) in [6.07, 6.45) is 2.79. The van der Waals surface area contributed by atoms with Crippen LogP contribution in [-0.2, 0) is 16.0 Å². The maximum atomic E-state index is 12.4. The molecule has 0 radical (unpaired) electrons. The SMILES string of the molecule is CC(NC(=O)OC(C)(C)C)C(=O)NCCOc1ccc(-c2sc3ccccc3c2Cc2ccc(OCCN3CCCC3)cc2)cc1. The third-order valence-electron chi connectivity index (χ3n) is 7.79. The molecule has 1 atom stereocenters. The van der Waals surface area contributed by atoms with Crippen LogP contribution >= 0.6 is 11.3 Å². The fourth-order valence-electron chi connectivity index (χ4n) is 5.46. The molecule has 1 aliphatic rings. The van der Waals surface area contributed by atoms with Gasteiger partial charge >= 0.3 is 6.09 Å². The van der Waals surface area contributed by atoms with Gasteiger partial charge in [-0.05, 0) is 125 Å². The van der Waals surface area contributed by atoms with Crippen LogP contribution in [0.15, 0.2) is 72.8 Å². The van der Waals surface area contributed by atoms with Crippen LogP contribution < -0.4 is 20.1 Å². The molecule has 0 spiro atoms. The highest BCUT2D eigenvalue weighted by Crippen LogP contribution is 2.40. The molecule has 1 unspecified atom stereocenters. The molecule has 0 aliphatic carbocycles. The summed E-state index contributed by atoms with van der Waals surface area (Å²) in [4.78, 5) is 28.0. The molecule has 4 aromatic rings. The van der Waals surface area contributed by atoms with E-state index in [1.54, 1.807) is 39.0 Å². The molecule has 1 aliphatic heterocycles. The fraction of sp³-hybridized carbons (Fsp3) is 0.405. The molecule has 1 aromatic heterocycles. The summed E-state index contributed by atoms with van der Waals surface area (Å²) >= 11 is 1.81. The summed E-state index contributed by atoms with van der Waals surface area (Å²) in [6, 6.07) is 24.5. The zero-order chi connectivity index (χ0) is 32.5. The molecule has 0 saturated carbocycles. The lowest BCUT2D eigenvalue weighted by molar-refractivity contribution is -0.122. The lowest BCUT2D eigenvalue weighted by Gasteiger charge is -2.21. The number of alkyl carbamates (subject to hydrolysis) is 1. The van der Waals surface area contributed by atoms with E-state index in [0.29, 0.717) is 13.2 Å². The second-order valence-corrected chi connectivity index (χ2v) is 13.7. The molecule has 46 heavy (non-hydrogen) atoms. The standard InChI is InChI=1S/C37H45N3O5S/c1-26(39-36(42)45-37(2,3)4)35(41)38-19-23-43-30-17-13-28(14-18-30)34-32(31-9-5-6-10-33(31)46-34)25-27-11-15-29(16-12-27)44-24-22-40-20-7-8-21-40/h5-6,9-18,26H,7-8,19-25H2,1-4H3,(H,38,41)(H,39,42). The number of nitrogens with one attached hydrogen (secondary N) is 2. The lowest BCUT2D eigenvalue weighted by Crippen LogP contribution is -2.47. The van der Waals surface area contributed by atoms with Crippen molar-refractivity contribution in [3.63, 3.8) is 0 Å². The van der Waals surface area contributed by atoms with Gasteiger partial charge in [0.25, 0.3) is 0 Å². The normalized spacial score (nSPS) is 14.2. The number of thiophene rings is 1. The van der Waals surface area contributed by atoms with Crippen LogP contribution in [0.2, 0.25) is 0 Å². The van der Waals surface area contributed by atoms with Gasteiger partial charge in [-0.15, -0.1) is 11.3 Å². The van der Waals surface area contributed by atoms with Crippen molar-refractivity contribution in [2.45, 2.75) is 58.6 Å². The van der Waals surface area contributed by atoms with E-state index < -0.39 is 17.7 Å². The third-order valence-corrected chi connectivity index (χ3v) is 9.05. The number of fused-ring (bicyclic) bond motifs is 1. The van der Waals surface area contributed by atoms with Crippen molar-refractivity contribution in [3.05, 3.63) is 83.9 Å². The maximum Gasteiger partial charge on any atom is 0.408 e. The smallest absolute Gasteiger partial charge is 0.408 e. The summed E-state index contributed by atoms with van der Waals surface area (Å²) in [5, 5.41) is 6.61. The van der Waals surface area contributed by atoms with Gasteiger partial charge in [0.1, 0.15) is 36.4 Å². The molecule has 2 heterocycles. The molecule has 2 amide bonds. The first kappa shape index (κ1) is 33.3. The Balaban J connectivity index is 1.15. The Morgan fingerprint density at radius 2 is 1.54 bits per heavy atom. The third kappa shape index (κ3) is 9.47. The van der Waals surface area contributed by atoms with Crippen LogP contribution in [0.3, 0.4) is 0 Å². The van der Waals surface area contributed by atoms with E-state index in [1.165, 1.54) is 52.0 Å². The minimum Gasteiger partial charge on any atom is -0.492 e. The van der Waals surface area contributed by atoms with Gasteiger partial charge in [0, 0.05) is 16.1 Å². The number of benzene rings is 3. The van der Waals surface area contributed by atoms with Crippen LogP contribution in [0.1, 0.15) is 51.7 Å². The van der Waals surface area contributed by atoms with Gasteiger partial charge in [0.15, 0.2) is 0 Å². The Kier molecular flexibility index (Phi) is 11.2. The van der Waals surface area contributed by atoms with Crippen molar-refractivity contribution in [1.82, 2.24) is 15.5 Å². The summed E-state index contributed by atoms with van der Waals surface area (Å²) in [6.45, 7) is 11.6. The van der Waals surface area contributed by atoms with Crippen LogP contribution in [-0.4, -0.2) is 67.9 Å². The quantitative estimate of drug-likeness (QED) is 0.152. The van der Waals surface area contributed by atoms with Crippen LogP contribution in [0, 0.1) is 0 Å². The second kappa shape index (κ2) is 15.5. The Morgan fingerprint density at radius 1 is 0.891 bits per heavy atom. The Morgan fingerprint density at radius 3 is 2.24 bits per heavy atom. The number of carbonyl (C=O) groups is 2. The molecule has 1 saturated heterocycles. The van der Waals surface area contributed by atoms with Crippen molar-refractivity contribution in [1.29, 1.82) is 0 Å². The first-order valence-electron chi connectivity index (χ1n) is 16.1. The van der Waals surface area contributed by atoms with Gasteiger partial charge in [-0.2, -0.15) is 0 Å². The Hall–Kier alpha value is -4.08. The van der Waals surface area contributed by atoms with Crippen LogP contribution in [0.5, 0.6) is 11.5 Å². The average Bonchev–Trinajstić information content (AvgIpc) is 3.68. The minimum absolute atomic E-state index is 0.302. The molecule has 9 heteroatoms. The van der Waals surface area contributed by atoms with Gasteiger partial charge in [0.05, 0.1) is 6.54 Å². The molecular formula is C37H45N3O5S. The number of hydrogen-bond acceptors (Lipinski definition) is 7. The zero-order valence-electron chi connectivity index (χ0n) is 27.3. The predicted octanol–water partition coefficient (Wildman–Crippen LogP) is 7.04. The number of ether oxygens (including phenoxy) is 3. The first-order valence-corrected chi connectivity index (χ1v) is 16.9. The van der Waals surface area contributed by atoms with Crippen molar-refractivity contribution >= 4 is 33.4 Å². The van der Waals surface area contributed by atoms with Crippen molar-refractivity contribution in [2.24, 2.45) is 0 Å². The van der Waals surface area contributed by atoms with E-state index in [9.17, 15) is 9.59 Å². The first-order chi connectivity index (χ1) is 22.1. The minimum atomic E-state index is -0.722. The zero-order valence-corrected chi connectivity index (χ0v) is 28.1. The van der Waals surface area contributed by atoms with Crippen molar-refractivity contribution < 1.29 is 23.8 Å². The summed E-state index contributed by atoms with van der Waals surface area (Å²) in [5.41, 5.74) is 3.07. The van der Waals surface area contributed by atoms with Gasteiger partial charge in [0.2, 0.25) is 5.91 Å². The summed E-state index contributed by atoms with van der Waals surface area (Å²) < 4.78 is 18.4. The van der Waals surface area contributed by atoms with E-state index in [4.69, 9.17) is 14.2 Å². The molecular weight excluding hydrogens is 598 g/mol. The molecule has 244 valence electrons. The topological polar surface area (TPSA) is 89.1 Å². The fourth-order valence-corrected chi connectivity index (χ4v) is 6.69. The molecule has 0 bridgehead atoms. The largest absolute Gasteiger partial charge is 0.492 e. The lowest BCUT2D eigenvalue weighted by atomic mass is 9.99. The summed E-state index contributed by atoms with van der Waals surface area (Å²) in [5.74, 6) is 1.34. The molecule has 1 fully saturated rings. The number of likely N-dealkylation sites (tertiary alicyclic amines) is 1. The van der Waals surface area contributed by atoms with E-state index >= 15 is 0 Å². The number of carbonyl (C=O) groups excluding carboxylic acids is 2. The number of amides is 2. The van der Waals surface area contributed by atoms with Crippen molar-refractivity contribution in [2.75, 3.05) is 39.4 Å². The predicted molar refractivity (Wildman–Crippen MR) is 185 cm³/mol. The highest BCUT2D eigenvalue weighted by atomic mass is 32.1. The van der Waals surface area contributed by atoms with E-state index in [2.05, 4.69) is 76.2 Å².